The molecule has 0 radical (unpaired) electrons. The fourth-order valence-electron chi connectivity index (χ4n) is 2.20. The fourth-order valence-corrected chi connectivity index (χ4v) is 2.44. The largest absolute Gasteiger partial charge is 0.495 e. The summed E-state index contributed by atoms with van der Waals surface area (Å²) in [4.78, 5) is 7.75. The molecule has 126 valence electrons. The Morgan fingerprint density at radius 3 is 2.96 bits per heavy atom. The van der Waals surface area contributed by atoms with Gasteiger partial charge in [-0.1, -0.05) is 11.6 Å². The van der Waals surface area contributed by atoms with Crippen LogP contribution in [0.15, 0.2) is 24.0 Å². The van der Waals surface area contributed by atoms with Crippen LogP contribution in [0.25, 0.3) is 11.0 Å². The summed E-state index contributed by atoms with van der Waals surface area (Å²) in [7, 11) is 3.36. The molecule has 0 aliphatic heterocycles. The zero-order valence-electron chi connectivity index (χ0n) is 13.0. The first-order chi connectivity index (χ1) is 11.0. The van der Waals surface area contributed by atoms with E-state index in [-0.39, 0.29) is 18.3 Å². The van der Waals surface area contributed by atoms with E-state index in [2.05, 4.69) is 15.3 Å². The Hall–Kier alpha value is -2.00. The topological polar surface area (TPSA) is 125 Å². The van der Waals surface area contributed by atoms with E-state index in [0.29, 0.717) is 23.1 Å². The maximum atomic E-state index is 9.03. The average Bonchev–Trinajstić information content (AvgIpc) is 2.93. The number of nitrogens with two attached hydrogens (primary N) is 2. The molecule has 0 amide bonds. The number of nitrogens with one attached hydrogen (secondary N) is 2. The predicted octanol–water partition coefficient (Wildman–Crippen LogP) is 0.453. The quantitative estimate of drug-likeness (QED) is 0.366. The highest BCUT2D eigenvalue weighted by Crippen LogP contribution is 2.30. The lowest BCUT2D eigenvalue weighted by Gasteiger charge is -2.24. The summed E-state index contributed by atoms with van der Waals surface area (Å²) in [6.45, 7) is 0.253. The zero-order valence-corrected chi connectivity index (χ0v) is 13.8. The van der Waals surface area contributed by atoms with Crippen molar-refractivity contribution in [3.8, 4) is 5.75 Å². The summed E-state index contributed by atoms with van der Waals surface area (Å²) in [5.74, 6) is 7.23. The lowest BCUT2D eigenvalue weighted by molar-refractivity contribution is 0.264. The van der Waals surface area contributed by atoms with E-state index in [4.69, 9.17) is 33.0 Å². The molecule has 1 aromatic carbocycles. The molecule has 0 aliphatic rings. The second-order valence-electron chi connectivity index (χ2n) is 5.01. The molecule has 1 heterocycles. The highest BCUT2D eigenvalue weighted by molar-refractivity contribution is 6.32. The molecule has 2 aromatic rings. The SMILES string of the molecule is CNCC(c1nc2cc(OC)c(Cl)cc2[nH]1)N(N)/C=C(\N)CO. The van der Waals surface area contributed by atoms with Gasteiger partial charge in [-0.15, -0.1) is 0 Å². The van der Waals surface area contributed by atoms with E-state index in [0.717, 1.165) is 11.0 Å². The monoisotopic (exact) mass is 340 g/mol. The number of aromatic nitrogens is 2. The molecule has 8 nitrogen and oxygen atoms in total. The number of hydrogen-bond donors (Lipinski definition) is 5. The average molecular weight is 341 g/mol. The van der Waals surface area contributed by atoms with Crippen molar-refractivity contribution in [2.45, 2.75) is 6.04 Å². The molecule has 1 aromatic heterocycles. The number of hydrogen-bond acceptors (Lipinski definition) is 7. The third-order valence-corrected chi connectivity index (χ3v) is 3.64. The van der Waals surface area contributed by atoms with Crippen LogP contribution >= 0.6 is 11.6 Å². The van der Waals surface area contributed by atoms with Gasteiger partial charge in [0.2, 0.25) is 0 Å². The van der Waals surface area contributed by atoms with Crippen molar-refractivity contribution in [1.29, 1.82) is 0 Å². The van der Waals surface area contributed by atoms with Crippen LogP contribution in [0.4, 0.5) is 0 Å². The van der Waals surface area contributed by atoms with Crippen LogP contribution in [0.2, 0.25) is 5.02 Å². The van der Waals surface area contributed by atoms with E-state index >= 15 is 0 Å². The molecule has 0 spiro atoms. The van der Waals surface area contributed by atoms with E-state index in [1.165, 1.54) is 11.2 Å². The van der Waals surface area contributed by atoms with Crippen LogP contribution < -0.4 is 21.6 Å². The Bertz CT molecular complexity index is 702. The Balaban J connectivity index is 2.41. The van der Waals surface area contributed by atoms with Gasteiger partial charge >= 0.3 is 0 Å². The number of hydrazine groups is 1. The molecule has 0 bridgehead atoms. The second-order valence-corrected chi connectivity index (χ2v) is 5.42. The van der Waals surface area contributed by atoms with Gasteiger partial charge in [0.1, 0.15) is 17.6 Å². The van der Waals surface area contributed by atoms with Crippen LogP contribution in [0.5, 0.6) is 5.75 Å². The lowest BCUT2D eigenvalue weighted by Crippen LogP contribution is -2.37. The number of H-pyrrole nitrogens is 1. The normalized spacial score (nSPS) is 13.3. The molecule has 1 atom stereocenters. The van der Waals surface area contributed by atoms with Crippen molar-refractivity contribution in [2.75, 3.05) is 27.3 Å². The number of imidazole rings is 1. The first-order valence-corrected chi connectivity index (χ1v) is 7.35. The molecule has 7 N–H and O–H groups in total. The highest BCUT2D eigenvalue weighted by atomic mass is 35.5. The van der Waals surface area contributed by atoms with E-state index in [1.807, 2.05) is 7.05 Å². The minimum absolute atomic E-state index is 0.259. The first-order valence-electron chi connectivity index (χ1n) is 6.98. The Labute approximate surface area is 139 Å². The van der Waals surface area contributed by atoms with Crippen molar-refractivity contribution >= 4 is 22.6 Å². The van der Waals surface area contributed by atoms with Crippen molar-refractivity contribution in [3.63, 3.8) is 0 Å². The Kier molecular flexibility index (Phi) is 5.67. The molecular weight excluding hydrogens is 320 g/mol. The summed E-state index contributed by atoms with van der Waals surface area (Å²) < 4.78 is 5.20. The minimum atomic E-state index is -0.303. The van der Waals surface area contributed by atoms with E-state index in [1.54, 1.807) is 19.2 Å². The second kappa shape index (κ2) is 7.51. The van der Waals surface area contributed by atoms with Crippen LogP contribution in [-0.4, -0.2) is 47.4 Å². The number of halogens is 1. The van der Waals surface area contributed by atoms with Gasteiger partial charge < -0.3 is 30.9 Å². The maximum absolute atomic E-state index is 9.03. The number of benzene rings is 1. The van der Waals surface area contributed by atoms with Crippen molar-refractivity contribution in [2.24, 2.45) is 11.6 Å². The minimum Gasteiger partial charge on any atom is -0.495 e. The van der Waals surface area contributed by atoms with Crippen LogP contribution in [0, 0.1) is 0 Å². The van der Waals surface area contributed by atoms with Gasteiger partial charge in [-0.3, -0.25) is 0 Å². The maximum Gasteiger partial charge on any atom is 0.139 e. The van der Waals surface area contributed by atoms with E-state index in [9.17, 15) is 0 Å². The Morgan fingerprint density at radius 2 is 2.35 bits per heavy atom. The van der Waals surface area contributed by atoms with Crippen molar-refractivity contribution < 1.29 is 9.84 Å². The summed E-state index contributed by atoms with van der Waals surface area (Å²) >= 11 is 6.13. The standard InChI is InChI=1S/C14H21ClN6O2/c1-18-5-12(21(17)6-8(16)7-22)14-19-10-3-9(15)13(23-2)4-11(10)20-14/h3-4,6,12,18,22H,5,7,16-17H2,1-2H3,(H,19,20)/b8-6-. The summed E-state index contributed by atoms with van der Waals surface area (Å²) in [5.41, 5.74) is 7.38. The van der Waals surface area contributed by atoms with Gasteiger partial charge in [0.15, 0.2) is 0 Å². The third kappa shape index (κ3) is 3.85. The number of nitrogens with zero attached hydrogens (tertiary/aromatic N) is 2. The number of rotatable bonds is 7. The molecular formula is C14H21ClN6O2. The van der Waals surface area contributed by atoms with E-state index < -0.39 is 0 Å². The predicted molar refractivity (Wildman–Crippen MR) is 89.7 cm³/mol. The van der Waals surface area contributed by atoms with Gasteiger partial charge in [0.05, 0.1) is 35.5 Å². The fraction of sp³-hybridized carbons (Fsp3) is 0.357. The molecule has 0 saturated heterocycles. The first kappa shape index (κ1) is 17.4. The molecule has 9 heteroatoms. The van der Waals surface area contributed by atoms with Crippen molar-refractivity contribution in [1.82, 2.24) is 20.3 Å². The van der Waals surface area contributed by atoms with Gasteiger partial charge in [-0.25, -0.2) is 10.8 Å². The summed E-state index contributed by atoms with van der Waals surface area (Å²) in [5, 5.41) is 14.0. The van der Waals surface area contributed by atoms with Crippen molar-refractivity contribution in [3.05, 3.63) is 34.9 Å². The molecule has 2 rings (SSSR count). The molecule has 23 heavy (non-hydrogen) atoms. The third-order valence-electron chi connectivity index (χ3n) is 3.34. The molecule has 0 fully saturated rings. The molecule has 1 unspecified atom stereocenters. The number of fused-ring (bicyclic) bond motifs is 1. The number of aliphatic hydroxyl groups is 1. The summed E-state index contributed by atoms with van der Waals surface area (Å²) in [6, 6.07) is 3.20. The van der Waals surface area contributed by atoms with Crippen LogP contribution in [-0.2, 0) is 0 Å². The number of methoxy groups -OCH3 is 1. The highest BCUT2D eigenvalue weighted by Gasteiger charge is 2.20. The Morgan fingerprint density at radius 1 is 1.61 bits per heavy atom. The number of ether oxygens (including phenoxy) is 1. The van der Waals surface area contributed by atoms with Gasteiger partial charge in [-0.2, -0.15) is 0 Å². The number of likely N-dealkylation sites (N-methyl/N-ethyl adjacent to an activating group) is 1. The van der Waals surface area contributed by atoms with Crippen LogP contribution in [0.1, 0.15) is 11.9 Å². The smallest absolute Gasteiger partial charge is 0.139 e. The van der Waals surface area contributed by atoms with Gasteiger partial charge in [0.25, 0.3) is 0 Å². The molecule has 0 saturated carbocycles. The van der Waals surface area contributed by atoms with Gasteiger partial charge in [0, 0.05) is 18.8 Å². The number of aromatic amines is 1. The number of aliphatic hydroxyl groups excluding tert-OH is 1. The van der Waals surface area contributed by atoms with Gasteiger partial charge in [-0.05, 0) is 13.1 Å². The lowest BCUT2D eigenvalue weighted by atomic mass is 10.2. The summed E-state index contributed by atoms with van der Waals surface area (Å²) in [6.07, 6.45) is 1.47. The van der Waals surface area contributed by atoms with Crippen LogP contribution in [0.3, 0.4) is 0 Å². The zero-order chi connectivity index (χ0) is 17.0. The molecule has 0 aliphatic carbocycles.